The molecule has 2 atom stereocenters. The van der Waals surface area contributed by atoms with Crippen molar-refractivity contribution in [1.29, 1.82) is 0 Å². The summed E-state index contributed by atoms with van der Waals surface area (Å²) in [4.78, 5) is 0. The quantitative estimate of drug-likeness (QED) is 0.528. The maximum atomic E-state index is 2.47. The van der Waals surface area contributed by atoms with E-state index in [0.29, 0.717) is 5.41 Å². The van der Waals surface area contributed by atoms with Crippen LogP contribution in [0.5, 0.6) is 0 Å². The monoisotopic (exact) mass is 178 g/mol. The highest BCUT2D eigenvalue weighted by molar-refractivity contribution is 5.09. The van der Waals surface area contributed by atoms with Crippen LogP contribution in [0.2, 0.25) is 0 Å². The van der Waals surface area contributed by atoms with Crippen LogP contribution in [-0.2, 0) is 0 Å². The lowest BCUT2D eigenvalue weighted by Crippen LogP contribution is -2.38. The van der Waals surface area contributed by atoms with Gasteiger partial charge in [-0.15, -0.1) is 0 Å². The van der Waals surface area contributed by atoms with E-state index in [9.17, 15) is 0 Å². The van der Waals surface area contributed by atoms with E-state index in [-0.39, 0.29) is 0 Å². The average Bonchev–Trinajstić information content (AvgIpc) is 2.37. The minimum absolute atomic E-state index is 0.569. The first-order valence-electron chi connectivity index (χ1n) is 6.00. The van der Waals surface area contributed by atoms with E-state index < -0.39 is 0 Å². The van der Waals surface area contributed by atoms with Gasteiger partial charge in [0, 0.05) is 0 Å². The van der Waals surface area contributed by atoms with Gasteiger partial charge in [0.1, 0.15) is 0 Å². The van der Waals surface area contributed by atoms with Gasteiger partial charge in [-0.05, 0) is 60.7 Å². The Morgan fingerprint density at radius 1 is 0.923 bits per heavy atom. The van der Waals surface area contributed by atoms with Crippen LogP contribution in [0.1, 0.15) is 52.9 Å². The molecule has 0 aromatic rings. The fourth-order valence-corrected chi connectivity index (χ4v) is 4.73. The summed E-state index contributed by atoms with van der Waals surface area (Å²) in [5, 5.41) is 0. The van der Waals surface area contributed by atoms with Crippen molar-refractivity contribution in [2.45, 2.75) is 52.9 Å². The van der Waals surface area contributed by atoms with Crippen molar-refractivity contribution < 1.29 is 0 Å². The Morgan fingerprint density at radius 3 is 1.85 bits per heavy atom. The highest BCUT2D eigenvalue weighted by atomic mass is 14.6. The molecule has 13 heavy (non-hydrogen) atoms. The van der Waals surface area contributed by atoms with Crippen molar-refractivity contribution in [3.8, 4) is 0 Å². The van der Waals surface area contributed by atoms with Gasteiger partial charge < -0.3 is 0 Å². The van der Waals surface area contributed by atoms with Crippen molar-refractivity contribution in [3.05, 3.63) is 0 Å². The van der Waals surface area contributed by atoms with E-state index in [1.165, 1.54) is 0 Å². The van der Waals surface area contributed by atoms with Crippen LogP contribution in [0.3, 0.4) is 0 Å². The van der Waals surface area contributed by atoms with E-state index in [1.54, 1.807) is 32.1 Å². The van der Waals surface area contributed by atoms with Crippen molar-refractivity contribution >= 4 is 0 Å². The van der Waals surface area contributed by atoms with Crippen LogP contribution in [-0.4, -0.2) is 0 Å². The third-order valence-corrected chi connectivity index (χ3v) is 5.52. The number of hydrogen-bond donors (Lipinski definition) is 0. The Balaban J connectivity index is 1.96. The molecule has 4 fully saturated rings. The second-order valence-electron chi connectivity index (χ2n) is 7.00. The third kappa shape index (κ3) is 0.926. The molecule has 0 aliphatic heterocycles. The predicted octanol–water partition coefficient (Wildman–Crippen LogP) is 3.86. The molecule has 4 bridgehead atoms. The van der Waals surface area contributed by atoms with Gasteiger partial charge >= 0.3 is 0 Å². The summed E-state index contributed by atoms with van der Waals surface area (Å²) in [7, 11) is 0. The molecule has 4 saturated carbocycles. The maximum absolute atomic E-state index is 2.47. The second-order valence-corrected chi connectivity index (χ2v) is 7.00. The number of rotatable bonds is 0. The van der Waals surface area contributed by atoms with Gasteiger partial charge in [-0.25, -0.2) is 0 Å². The first-order chi connectivity index (χ1) is 6.00. The molecule has 0 heterocycles. The molecule has 4 aliphatic rings. The first kappa shape index (κ1) is 8.32. The minimum Gasteiger partial charge on any atom is -0.0596 e. The van der Waals surface area contributed by atoms with Crippen molar-refractivity contribution in [2.75, 3.05) is 0 Å². The zero-order chi connectivity index (χ0) is 9.27. The Morgan fingerprint density at radius 2 is 1.46 bits per heavy atom. The minimum atomic E-state index is 0.569. The average molecular weight is 178 g/mol. The van der Waals surface area contributed by atoms with Gasteiger partial charge in [0.15, 0.2) is 0 Å². The third-order valence-electron chi connectivity index (χ3n) is 5.52. The first-order valence-corrected chi connectivity index (χ1v) is 6.00. The molecule has 4 aliphatic carbocycles. The summed E-state index contributed by atoms with van der Waals surface area (Å²) in [5.41, 5.74) is 1.32. The Bertz CT molecular complexity index is 213. The van der Waals surface area contributed by atoms with Gasteiger partial charge in [-0.2, -0.15) is 0 Å². The van der Waals surface area contributed by atoms with E-state index in [1.807, 2.05) is 0 Å². The van der Waals surface area contributed by atoms with Crippen LogP contribution >= 0.6 is 0 Å². The number of hydrogen-bond acceptors (Lipinski definition) is 0. The molecule has 0 aromatic carbocycles. The van der Waals surface area contributed by atoms with Crippen molar-refractivity contribution in [1.82, 2.24) is 0 Å². The lowest BCUT2D eigenvalue weighted by molar-refractivity contribution is 0.0194. The summed E-state index contributed by atoms with van der Waals surface area (Å²) >= 11 is 0. The molecular weight excluding hydrogens is 156 g/mol. The van der Waals surface area contributed by atoms with Crippen LogP contribution in [0.4, 0.5) is 0 Å². The van der Waals surface area contributed by atoms with Crippen molar-refractivity contribution in [2.24, 2.45) is 28.6 Å². The molecule has 0 aromatic heterocycles. The summed E-state index contributed by atoms with van der Waals surface area (Å²) in [6.45, 7) is 7.42. The smallest absolute Gasteiger partial charge is 0.0241 e. The predicted molar refractivity (Wildman–Crippen MR) is 55.4 cm³/mol. The molecule has 0 nitrogen and oxygen atoms in total. The summed E-state index contributed by atoms with van der Waals surface area (Å²) in [6.07, 6.45) is 7.86. The molecule has 0 radical (unpaired) electrons. The molecule has 0 N–H and O–H groups in total. The molecule has 0 saturated heterocycles. The van der Waals surface area contributed by atoms with Crippen LogP contribution in [0, 0.1) is 28.6 Å². The highest BCUT2D eigenvalue weighted by Crippen LogP contribution is 2.69. The zero-order valence-corrected chi connectivity index (χ0v) is 9.27. The Kier molecular flexibility index (Phi) is 1.37. The van der Waals surface area contributed by atoms with E-state index in [2.05, 4.69) is 20.8 Å². The van der Waals surface area contributed by atoms with Crippen LogP contribution < -0.4 is 0 Å². The van der Waals surface area contributed by atoms with E-state index >= 15 is 0 Å². The lowest BCUT2D eigenvalue weighted by atomic mass is 9.57. The van der Waals surface area contributed by atoms with Gasteiger partial charge in [-0.1, -0.05) is 20.8 Å². The molecular formula is C13H22. The normalized spacial score (nSPS) is 53.3. The Hall–Kier alpha value is 0. The molecule has 0 spiro atoms. The molecule has 0 heteroatoms. The summed E-state index contributed by atoms with van der Waals surface area (Å²) < 4.78 is 0. The van der Waals surface area contributed by atoms with Crippen LogP contribution in [0.15, 0.2) is 0 Å². The van der Waals surface area contributed by atoms with Gasteiger partial charge in [-0.3, -0.25) is 0 Å². The van der Waals surface area contributed by atoms with E-state index in [4.69, 9.17) is 0 Å². The van der Waals surface area contributed by atoms with Gasteiger partial charge in [0.05, 0.1) is 0 Å². The Labute approximate surface area is 82.1 Å². The zero-order valence-electron chi connectivity index (χ0n) is 9.27. The standard InChI is InChI=1S/C13H22/c1-12(2,3)13-6-9-4-10(7-13)11(5-9)8-13/h9-11H,4-8H2,1-3H3. The molecule has 74 valence electrons. The highest BCUT2D eigenvalue weighted by Gasteiger charge is 2.59. The fourth-order valence-electron chi connectivity index (χ4n) is 4.73. The van der Waals surface area contributed by atoms with Crippen molar-refractivity contribution in [3.63, 3.8) is 0 Å². The second kappa shape index (κ2) is 2.15. The van der Waals surface area contributed by atoms with Gasteiger partial charge in [0.25, 0.3) is 0 Å². The fraction of sp³-hybridized carbons (Fsp3) is 1.00. The van der Waals surface area contributed by atoms with E-state index in [0.717, 1.165) is 23.2 Å². The topological polar surface area (TPSA) is 0 Å². The largest absolute Gasteiger partial charge is 0.0596 e. The van der Waals surface area contributed by atoms with Crippen LogP contribution in [0.25, 0.3) is 0 Å². The SMILES string of the molecule is CC(C)(C)C12CC3CC(C1)C(C3)C2. The lowest BCUT2D eigenvalue weighted by Gasteiger charge is -2.48. The molecule has 0 amide bonds. The molecule has 4 rings (SSSR count). The maximum Gasteiger partial charge on any atom is -0.0241 e. The molecule has 2 unspecified atom stereocenters. The summed E-state index contributed by atoms with van der Waals surface area (Å²) in [5.74, 6) is 3.40. The van der Waals surface area contributed by atoms with Gasteiger partial charge in [0.2, 0.25) is 0 Å². The summed E-state index contributed by atoms with van der Waals surface area (Å²) in [6, 6.07) is 0.